The second-order valence-electron chi connectivity index (χ2n) is 6.90. The molecule has 2 aromatic rings. The van der Waals surface area contributed by atoms with Gasteiger partial charge in [0.15, 0.2) is 0 Å². The van der Waals surface area contributed by atoms with Gasteiger partial charge in [0.25, 0.3) is 0 Å². The minimum Gasteiger partial charge on any atom is -0.481 e. The molecule has 0 saturated carbocycles. The number of carboxylic acid groups (broad SMARTS) is 1. The van der Waals surface area contributed by atoms with Crippen LogP contribution in [0.2, 0.25) is 0 Å². The van der Waals surface area contributed by atoms with E-state index in [1.807, 2.05) is 17.9 Å². The highest BCUT2D eigenvalue weighted by molar-refractivity contribution is 5.70. The lowest BCUT2D eigenvalue weighted by Crippen LogP contribution is -2.41. The highest BCUT2D eigenvalue weighted by Crippen LogP contribution is 2.35. The van der Waals surface area contributed by atoms with Crippen LogP contribution in [-0.4, -0.2) is 34.0 Å². The Hall–Kier alpha value is -2.41. The van der Waals surface area contributed by atoms with Gasteiger partial charge in [0, 0.05) is 12.7 Å². The first-order chi connectivity index (χ1) is 12.8. The van der Waals surface area contributed by atoms with Crippen LogP contribution < -0.4 is 0 Å². The summed E-state index contributed by atoms with van der Waals surface area (Å²) < 4.78 is 38.7. The SMILES string of the molecule is Cc1cccnc1C(c1ccc(C(F)(F)F)cc1)N1CCCC(C(=O)O)C1. The first-order valence-corrected chi connectivity index (χ1v) is 8.83. The Morgan fingerprint density at radius 1 is 1.26 bits per heavy atom. The number of rotatable bonds is 4. The van der Waals surface area contributed by atoms with Gasteiger partial charge >= 0.3 is 12.1 Å². The van der Waals surface area contributed by atoms with Gasteiger partial charge in [0.05, 0.1) is 23.2 Å². The largest absolute Gasteiger partial charge is 0.481 e. The molecule has 2 unspecified atom stereocenters. The number of benzene rings is 1. The summed E-state index contributed by atoms with van der Waals surface area (Å²) in [6.45, 7) is 2.92. The number of aliphatic carboxylic acids is 1. The van der Waals surface area contributed by atoms with Crippen molar-refractivity contribution in [3.63, 3.8) is 0 Å². The number of likely N-dealkylation sites (tertiary alicyclic amines) is 1. The van der Waals surface area contributed by atoms with Crippen LogP contribution in [0.3, 0.4) is 0 Å². The average Bonchev–Trinajstić information content (AvgIpc) is 2.63. The molecule has 4 nitrogen and oxygen atoms in total. The van der Waals surface area contributed by atoms with Gasteiger partial charge in [-0.15, -0.1) is 0 Å². The predicted molar refractivity (Wildman–Crippen MR) is 94.2 cm³/mol. The van der Waals surface area contributed by atoms with Crippen LogP contribution in [0.15, 0.2) is 42.6 Å². The molecule has 7 heteroatoms. The minimum atomic E-state index is -4.39. The molecule has 144 valence electrons. The molecule has 1 aliphatic rings. The monoisotopic (exact) mass is 378 g/mol. The number of carboxylic acids is 1. The van der Waals surface area contributed by atoms with Crippen molar-refractivity contribution in [1.82, 2.24) is 9.88 Å². The molecule has 2 heterocycles. The van der Waals surface area contributed by atoms with Crippen LogP contribution in [0.4, 0.5) is 13.2 Å². The van der Waals surface area contributed by atoms with E-state index in [0.29, 0.717) is 25.1 Å². The molecule has 0 aliphatic carbocycles. The molecular formula is C20H21F3N2O2. The van der Waals surface area contributed by atoms with Gasteiger partial charge in [-0.05, 0) is 55.6 Å². The number of hydrogen-bond acceptors (Lipinski definition) is 3. The summed E-state index contributed by atoms with van der Waals surface area (Å²) in [7, 11) is 0. The number of carbonyl (C=O) groups is 1. The van der Waals surface area contributed by atoms with Crippen molar-refractivity contribution >= 4 is 5.97 Å². The lowest BCUT2D eigenvalue weighted by atomic mass is 9.92. The maximum absolute atomic E-state index is 12.9. The van der Waals surface area contributed by atoms with E-state index in [1.54, 1.807) is 12.3 Å². The summed E-state index contributed by atoms with van der Waals surface area (Å²) in [5.41, 5.74) is 1.63. The summed E-state index contributed by atoms with van der Waals surface area (Å²) in [6, 6.07) is 8.39. The number of hydrogen-bond donors (Lipinski definition) is 1. The fraction of sp³-hybridized carbons (Fsp3) is 0.400. The van der Waals surface area contributed by atoms with Crippen LogP contribution in [0.1, 0.15) is 41.3 Å². The average molecular weight is 378 g/mol. The number of piperidine rings is 1. The molecule has 0 spiro atoms. The molecule has 0 amide bonds. The normalized spacial score (nSPS) is 19.6. The second-order valence-corrected chi connectivity index (χ2v) is 6.90. The summed E-state index contributed by atoms with van der Waals surface area (Å²) in [5.74, 6) is -1.33. The molecule has 1 saturated heterocycles. The van der Waals surface area contributed by atoms with E-state index >= 15 is 0 Å². The van der Waals surface area contributed by atoms with Crippen LogP contribution in [-0.2, 0) is 11.0 Å². The van der Waals surface area contributed by atoms with Gasteiger partial charge in [0.2, 0.25) is 0 Å². The van der Waals surface area contributed by atoms with Crippen molar-refractivity contribution in [2.75, 3.05) is 13.1 Å². The van der Waals surface area contributed by atoms with Crippen molar-refractivity contribution in [3.05, 3.63) is 65.0 Å². The van der Waals surface area contributed by atoms with Gasteiger partial charge in [-0.1, -0.05) is 18.2 Å². The fourth-order valence-corrected chi connectivity index (χ4v) is 3.62. The van der Waals surface area contributed by atoms with Gasteiger partial charge < -0.3 is 5.11 Å². The fourth-order valence-electron chi connectivity index (χ4n) is 3.62. The molecule has 1 fully saturated rings. The minimum absolute atomic E-state index is 0.344. The van der Waals surface area contributed by atoms with Gasteiger partial charge in [0.1, 0.15) is 0 Å². The van der Waals surface area contributed by atoms with E-state index in [2.05, 4.69) is 4.98 Å². The van der Waals surface area contributed by atoms with E-state index in [4.69, 9.17) is 0 Å². The predicted octanol–water partition coefficient (Wildman–Crippen LogP) is 4.29. The molecule has 0 radical (unpaired) electrons. The molecule has 1 aromatic carbocycles. The van der Waals surface area contributed by atoms with Crippen molar-refractivity contribution in [1.29, 1.82) is 0 Å². The number of aryl methyl sites for hydroxylation is 1. The number of nitrogens with zero attached hydrogens (tertiary/aromatic N) is 2. The molecule has 0 bridgehead atoms. The zero-order chi connectivity index (χ0) is 19.6. The molecular weight excluding hydrogens is 357 g/mol. The zero-order valence-corrected chi connectivity index (χ0v) is 14.9. The van der Waals surface area contributed by atoms with E-state index < -0.39 is 23.6 Å². The number of aromatic nitrogens is 1. The Morgan fingerprint density at radius 3 is 2.56 bits per heavy atom. The first-order valence-electron chi connectivity index (χ1n) is 8.83. The Kier molecular flexibility index (Phi) is 5.51. The van der Waals surface area contributed by atoms with Crippen molar-refractivity contribution in [3.8, 4) is 0 Å². The Balaban J connectivity index is 2.00. The lowest BCUT2D eigenvalue weighted by Gasteiger charge is -2.37. The first kappa shape index (κ1) is 19.4. The number of halogens is 3. The van der Waals surface area contributed by atoms with Gasteiger partial charge in [-0.25, -0.2) is 0 Å². The highest BCUT2D eigenvalue weighted by Gasteiger charge is 2.34. The smallest absolute Gasteiger partial charge is 0.416 e. The molecule has 1 N–H and O–H groups in total. The zero-order valence-electron chi connectivity index (χ0n) is 14.9. The standard InChI is InChI=1S/C20H21F3N2O2/c1-13-4-2-10-24-17(13)18(25-11-3-5-15(12-25)19(26)27)14-6-8-16(9-7-14)20(21,22)23/h2,4,6-10,15,18H,3,5,11-12H2,1H3,(H,26,27). The molecule has 1 aliphatic heterocycles. The third-order valence-electron chi connectivity index (χ3n) is 5.03. The Bertz CT molecular complexity index is 806. The third kappa shape index (κ3) is 4.30. The van der Waals surface area contributed by atoms with Gasteiger partial charge in [-0.2, -0.15) is 13.2 Å². The van der Waals surface area contributed by atoms with E-state index in [9.17, 15) is 23.1 Å². The molecule has 3 rings (SSSR count). The van der Waals surface area contributed by atoms with E-state index in [-0.39, 0.29) is 6.04 Å². The summed E-state index contributed by atoms with van der Waals surface area (Å²) in [5, 5.41) is 9.39. The second kappa shape index (κ2) is 7.68. The number of pyridine rings is 1. The van der Waals surface area contributed by atoms with Crippen LogP contribution in [0.25, 0.3) is 0 Å². The van der Waals surface area contributed by atoms with E-state index in [1.165, 1.54) is 12.1 Å². The Morgan fingerprint density at radius 2 is 1.96 bits per heavy atom. The lowest BCUT2D eigenvalue weighted by molar-refractivity contribution is -0.144. The summed E-state index contributed by atoms with van der Waals surface area (Å²) >= 11 is 0. The van der Waals surface area contributed by atoms with Gasteiger partial charge in [-0.3, -0.25) is 14.7 Å². The summed E-state index contributed by atoms with van der Waals surface area (Å²) in [6.07, 6.45) is -1.42. The van der Waals surface area contributed by atoms with Crippen molar-refractivity contribution in [2.45, 2.75) is 32.0 Å². The number of alkyl halides is 3. The molecule has 2 atom stereocenters. The molecule has 27 heavy (non-hydrogen) atoms. The van der Waals surface area contributed by atoms with Crippen LogP contribution in [0.5, 0.6) is 0 Å². The topological polar surface area (TPSA) is 53.4 Å². The third-order valence-corrected chi connectivity index (χ3v) is 5.03. The van der Waals surface area contributed by atoms with Crippen molar-refractivity contribution < 1.29 is 23.1 Å². The maximum atomic E-state index is 12.9. The van der Waals surface area contributed by atoms with E-state index in [0.717, 1.165) is 29.8 Å². The van der Waals surface area contributed by atoms with Crippen LogP contribution in [0, 0.1) is 12.8 Å². The Labute approximate surface area is 155 Å². The highest BCUT2D eigenvalue weighted by atomic mass is 19.4. The quantitative estimate of drug-likeness (QED) is 0.862. The summed E-state index contributed by atoms with van der Waals surface area (Å²) in [4.78, 5) is 17.9. The molecule has 1 aromatic heterocycles. The van der Waals surface area contributed by atoms with Crippen molar-refractivity contribution in [2.24, 2.45) is 5.92 Å². The maximum Gasteiger partial charge on any atom is 0.416 e. The van der Waals surface area contributed by atoms with Crippen LogP contribution >= 0.6 is 0 Å².